The van der Waals surface area contributed by atoms with E-state index in [4.69, 9.17) is 5.73 Å². The molecule has 0 aromatic carbocycles. The second-order valence-electron chi connectivity index (χ2n) is 8.91. The van der Waals surface area contributed by atoms with Gasteiger partial charge < -0.3 is 11.1 Å². The van der Waals surface area contributed by atoms with Crippen LogP contribution in [0, 0.1) is 47.3 Å². The van der Waals surface area contributed by atoms with Gasteiger partial charge in [-0.2, -0.15) is 0 Å². The molecule has 3 N–H and O–H groups in total. The molecule has 2 heteroatoms. The van der Waals surface area contributed by atoms with E-state index in [0.29, 0.717) is 5.92 Å². The average molecular weight is 307 g/mol. The molecular weight excluding hydrogens is 268 g/mol. The van der Waals surface area contributed by atoms with E-state index in [1.165, 1.54) is 44.9 Å². The number of rotatable bonds is 4. The Balaban J connectivity index is 1.87. The van der Waals surface area contributed by atoms with Crippen molar-refractivity contribution < 1.29 is 0 Å². The van der Waals surface area contributed by atoms with Gasteiger partial charge in [-0.05, 0) is 80.1 Å². The molecule has 0 aromatic rings. The molecule has 2 bridgehead atoms. The fourth-order valence-electron chi connectivity index (χ4n) is 6.69. The minimum Gasteiger partial charge on any atom is -0.316 e. The van der Waals surface area contributed by atoms with Crippen LogP contribution in [0.2, 0.25) is 0 Å². The van der Waals surface area contributed by atoms with Crippen LogP contribution >= 0.6 is 0 Å². The van der Waals surface area contributed by atoms with E-state index in [2.05, 4.69) is 33.1 Å². The number of nitrogens with two attached hydrogens (primary N) is 1. The van der Waals surface area contributed by atoms with Gasteiger partial charge in [-0.3, -0.25) is 0 Å². The Morgan fingerprint density at radius 3 is 2.41 bits per heavy atom. The van der Waals surface area contributed by atoms with Crippen molar-refractivity contribution in [2.75, 3.05) is 7.05 Å². The van der Waals surface area contributed by atoms with E-state index in [1.54, 1.807) is 0 Å². The van der Waals surface area contributed by atoms with Crippen molar-refractivity contribution in [3.63, 3.8) is 0 Å². The van der Waals surface area contributed by atoms with E-state index >= 15 is 0 Å². The minimum absolute atomic E-state index is 0.203. The largest absolute Gasteiger partial charge is 0.316 e. The monoisotopic (exact) mass is 306 g/mol. The average Bonchev–Trinajstić information content (AvgIpc) is 2.68. The lowest BCUT2D eigenvalue weighted by molar-refractivity contribution is -0.0523. The highest BCUT2D eigenvalue weighted by molar-refractivity contribution is 5.00. The Labute approximate surface area is 138 Å². The molecule has 22 heavy (non-hydrogen) atoms. The summed E-state index contributed by atoms with van der Waals surface area (Å²) >= 11 is 0. The maximum Gasteiger partial charge on any atom is 0.0575 e. The van der Waals surface area contributed by atoms with Gasteiger partial charge in [-0.1, -0.05) is 40.0 Å². The first-order chi connectivity index (χ1) is 10.6. The van der Waals surface area contributed by atoms with Crippen molar-refractivity contribution >= 4 is 0 Å². The molecule has 128 valence electrons. The molecule has 3 aliphatic carbocycles. The van der Waals surface area contributed by atoms with Gasteiger partial charge in [-0.15, -0.1) is 0 Å². The Kier molecular flexibility index (Phi) is 5.19. The highest BCUT2D eigenvalue weighted by atomic mass is 15.0. The number of nitrogens with one attached hydrogen (secondary N) is 1. The summed E-state index contributed by atoms with van der Waals surface area (Å²) in [5.74, 6) is 7.37. The second kappa shape index (κ2) is 6.81. The third-order valence-corrected chi connectivity index (χ3v) is 7.87. The van der Waals surface area contributed by atoms with Crippen LogP contribution in [-0.4, -0.2) is 13.2 Å². The summed E-state index contributed by atoms with van der Waals surface area (Å²) in [5, 5.41) is 3.39. The van der Waals surface area contributed by atoms with Gasteiger partial charge in [0.2, 0.25) is 0 Å². The lowest BCUT2D eigenvalue weighted by Gasteiger charge is -2.54. The van der Waals surface area contributed by atoms with Crippen LogP contribution in [0.5, 0.6) is 0 Å². The van der Waals surface area contributed by atoms with Gasteiger partial charge in [0.1, 0.15) is 0 Å². The molecule has 0 aliphatic heterocycles. The summed E-state index contributed by atoms with van der Waals surface area (Å²) in [6, 6.07) is 0. The second-order valence-corrected chi connectivity index (χ2v) is 8.91. The Hall–Kier alpha value is -0.0800. The summed E-state index contributed by atoms with van der Waals surface area (Å²) in [6.45, 7) is 7.46. The van der Waals surface area contributed by atoms with E-state index in [-0.39, 0.29) is 6.17 Å². The van der Waals surface area contributed by atoms with Crippen LogP contribution in [0.4, 0.5) is 0 Å². The molecule has 0 spiro atoms. The quantitative estimate of drug-likeness (QED) is 0.762. The van der Waals surface area contributed by atoms with Crippen LogP contribution in [-0.2, 0) is 0 Å². The van der Waals surface area contributed by atoms with E-state index in [0.717, 1.165) is 41.4 Å². The van der Waals surface area contributed by atoms with Crippen molar-refractivity contribution in [3.8, 4) is 0 Å². The van der Waals surface area contributed by atoms with Gasteiger partial charge in [-0.25, -0.2) is 0 Å². The molecule has 0 aromatic heterocycles. The van der Waals surface area contributed by atoms with E-state index in [1.807, 2.05) is 0 Å². The van der Waals surface area contributed by atoms with Gasteiger partial charge in [0, 0.05) is 0 Å². The summed E-state index contributed by atoms with van der Waals surface area (Å²) < 4.78 is 0. The first-order valence-electron chi connectivity index (χ1n) is 9.99. The summed E-state index contributed by atoms with van der Waals surface area (Å²) in [7, 11) is 2.05. The lowest BCUT2D eigenvalue weighted by Crippen LogP contribution is -2.52. The van der Waals surface area contributed by atoms with Crippen molar-refractivity contribution in [1.82, 2.24) is 5.32 Å². The standard InChI is InChI=1S/C20H38N2/c1-5-16-13(3)14-7-6-8-17(20(21)22-4)18(11-14)19(16)15-9-12(2)10-15/h12-20,22H,5-11,21H2,1-4H3. The summed E-state index contributed by atoms with van der Waals surface area (Å²) in [4.78, 5) is 0. The molecular formula is C20H38N2. The van der Waals surface area contributed by atoms with Crippen LogP contribution in [0.3, 0.4) is 0 Å². The van der Waals surface area contributed by atoms with Crippen LogP contribution in [0.1, 0.15) is 65.7 Å². The Bertz CT molecular complexity index is 363. The third-order valence-electron chi connectivity index (χ3n) is 7.87. The SMILES string of the molecule is CCC1C(C)C2CCCC(C(N)NC)C(C2)C1C1CC(C)C1. The highest BCUT2D eigenvalue weighted by Gasteiger charge is 2.51. The van der Waals surface area contributed by atoms with Crippen molar-refractivity contribution in [1.29, 1.82) is 0 Å². The predicted octanol–water partition coefficient (Wildman–Crippen LogP) is 4.25. The molecule has 0 amide bonds. The number of hydrogen-bond acceptors (Lipinski definition) is 2. The summed E-state index contributed by atoms with van der Waals surface area (Å²) in [5.41, 5.74) is 6.51. The molecule has 2 nitrogen and oxygen atoms in total. The van der Waals surface area contributed by atoms with Crippen LogP contribution in [0.25, 0.3) is 0 Å². The van der Waals surface area contributed by atoms with Gasteiger partial charge >= 0.3 is 0 Å². The molecule has 0 radical (unpaired) electrons. The molecule has 3 rings (SSSR count). The molecule has 0 heterocycles. The van der Waals surface area contributed by atoms with Crippen LogP contribution < -0.4 is 11.1 Å². The highest BCUT2D eigenvalue weighted by Crippen LogP contribution is 2.57. The fourth-order valence-corrected chi connectivity index (χ4v) is 6.69. The topological polar surface area (TPSA) is 38.0 Å². The molecule has 3 saturated carbocycles. The van der Waals surface area contributed by atoms with E-state index in [9.17, 15) is 0 Å². The third kappa shape index (κ3) is 2.86. The normalized spacial score (nSPS) is 50.0. The van der Waals surface area contributed by atoms with Crippen molar-refractivity contribution in [3.05, 3.63) is 0 Å². The zero-order valence-electron chi connectivity index (χ0n) is 15.2. The molecule has 3 aliphatic rings. The van der Waals surface area contributed by atoms with E-state index < -0.39 is 0 Å². The maximum absolute atomic E-state index is 6.51. The smallest absolute Gasteiger partial charge is 0.0575 e. The first kappa shape index (κ1) is 16.8. The van der Waals surface area contributed by atoms with Crippen molar-refractivity contribution in [2.45, 2.75) is 71.9 Å². The van der Waals surface area contributed by atoms with Crippen LogP contribution in [0.15, 0.2) is 0 Å². The first-order valence-corrected chi connectivity index (χ1v) is 9.99. The number of hydrogen-bond donors (Lipinski definition) is 2. The minimum atomic E-state index is 0.203. The molecule has 3 fully saturated rings. The predicted molar refractivity (Wildman–Crippen MR) is 94.3 cm³/mol. The van der Waals surface area contributed by atoms with Gasteiger partial charge in [0.05, 0.1) is 6.17 Å². The molecule has 7 unspecified atom stereocenters. The summed E-state index contributed by atoms with van der Waals surface area (Å²) in [6.07, 6.45) is 10.2. The van der Waals surface area contributed by atoms with Crippen molar-refractivity contribution in [2.24, 2.45) is 53.1 Å². The maximum atomic E-state index is 6.51. The zero-order valence-corrected chi connectivity index (χ0v) is 15.2. The van der Waals surface area contributed by atoms with Gasteiger partial charge in [0.15, 0.2) is 0 Å². The van der Waals surface area contributed by atoms with Gasteiger partial charge in [0.25, 0.3) is 0 Å². The Morgan fingerprint density at radius 2 is 1.82 bits per heavy atom. The molecule has 7 atom stereocenters. The molecule has 0 saturated heterocycles. The fraction of sp³-hybridized carbons (Fsp3) is 1.00. The Morgan fingerprint density at radius 1 is 1.09 bits per heavy atom. The lowest BCUT2D eigenvalue weighted by atomic mass is 9.51. The zero-order chi connectivity index (χ0) is 15.9. The number of fused-ring (bicyclic) bond motifs is 2.